The van der Waals surface area contributed by atoms with E-state index < -0.39 is 5.60 Å². The van der Waals surface area contributed by atoms with Crippen molar-refractivity contribution in [3.8, 4) is 0 Å². The molecule has 174 valence electrons. The average Bonchev–Trinajstić information content (AvgIpc) is 3.07. The first-order chi connectivity index (χ1) is 15.1. The van der Waals surface area contributed by atoms with Gasteiger partial charge in [0.2, 0.25) is 12.3 Å². The maximum atomic E-state index is 12.8. The molecule has 0 aliphatic carbocycles. The molecule has 1 N–H and O–H groups in total. The monoisotopic (exact) mass is 444 g/mol. The summed E-state index contributed by atoms with van der Waals surface area (Å²) in [6, 6.07) is 5.74. The van der Waals surface area contributed by atoms with Crippen molar-refractivity contribution in [1.82, 2.24) is 15.1 Å². The maximum Gasteiger partial charge on any atom is 0.410 e. The number of imide groups is 1. The lowest BCUT2D eigenvalue weighted by Crippen LogP contribution is -2.50. The number of piperazine rings is 1. The summed E-state index contributed by atoms with van der Waals surface area (Å²) in [5.74, 6) is -0.381. The van der Waals surface area contributed by atoms with Crippen LogP contribution < -0.4 is 10.2 Å². The summed E-state index contributed by atoms with van der Waals surface area (Å²) >= 11 is 0. The van der Waals surface area contributed by atoms with E-state index in [-0.39, 0.29) is 30.4 Å². The van der Waals surface area contributed by atoms with Crippen molar-refractivity contribution < 1.29 is 23.9 Å². The summed E-state index contributed by atoms with van der Waals surface area (Å²) in [6.07, 6.45) is 0.758. The second-order valence-electron chi connectivity index (χ2n) is 9.30. The van der Waals surface area contributed by atoms with Crippen molar-refractivity contribution >= 4 is 30.0 Å². The lowest BCUT2D eigenvalue weighted by Gasteiger charge is -2.36. The topological polar surface area (TPSA) is 99.3 Å². The van der Waals surface area contributed by atoms with Crippen LogP contribution in [-0.4, -0.2) is 71.9 Å². The molecule has 0 aromatic heterocycles. The number of ether oxygens (including phenoxy) is 1. The standard InChI is InChI=1S/C23H32N4O5/c1-16(5-8-20(29)24-15-28)27-14-17-13-18(6-7-19(17)21(27)30)25-9-11-26(12-10-25)22(31)32-23(2,3)4/h6-7,13,15-16H,5,8-12,14H2,1-4H3,(H,24,28,29). The van der Waals surface area contributed by atoms with Crippen LogP contribution in [0.15, 0.2) is 18.2 Å². The Kier molecular flexibility index (Phi) is 7.06. The predicted octanol–water partition coefficient (Wildman–Crippen LogP) is 2.14. The van der Waals surface area contributed by atoms with E-state index >= 15 is 0 Å². The number of carbonyl (C=O) groups excluding carboxylic acids is 4. The SMILES string of the molecule is CC(CCC(=O)NC=O)N1Cc2cc(N3CCN(C(=O)OC(C)(C)C)CC3)ccc2C1=O. The number of rotatable bonds is 6. The third kappa shape index (κ3) is 5.57. The predicted molar refractivity (Wildman–Crippen MR) is 119 cm³/mol. The molecule has 2 aliphatic heterocycles. The Morgan fingerprint density at radius 1 is 1.19 bits per heavy atom. The van der Waals surface area contributed by atoms with E-state index in [9.17, 15) is 19.2 Å². The molecule has 9 heteroatoms. The lowest BCUT2D eigenvalue weighted by atomic mass is 10.1. The number of amides is 4. The van der Waals surface area contributed by atoms with E-state index in [1.807, 2.05) is 45.9 Å². The van der Waals surface area contributed by atoms with Crippen LogP contribution in [0.25, 0.3) is 0 Å². The maximum absolute atomic E-state index is 12.8. The summed E-state index contributed by atoms with van der Waals surface area (Å²) < 4.78 is 5.46. The van der Waals surface area contributed by atoms with Gasteiger partial charge >= 0.3 is 6.09 Å². The van der Waals surface area contributed by atoms with Gasteiger partial charge in [-0.1, -0.05) is 0 Å². The highest BCUT2D eigenvalue weighted by molar-refractivity contribution is 5.99. The number of carbonyl (C=O) groups is 4. The van der Waals surface area contributed by atoms with Gasteiger partial charge in [-0.3, -0.25) is 19.7 Å². The first-order valence-electron chi connectivity index (χ1n) is 11.0. The van der Waals surface area contributed by atoms with Crippen LogP contribution in [0.5, 0.6) is 0 Å². The normalized spacial score (nSPS) is 17.1. The van der Waals surface area contributed by atoms with Gasteiger partial charge in [-0.25, -0.2) is 4.79 Å². The Balaban J connectivity index is 1.58. The van der Waals surface area contributed by atoms with Crippen molar-refractivity contribution in [2.24, 2.45) is 0 Å². The molecule has 1 fully saturated rings. The van der Waals surface area contributed by atoms with Crippen molar-refractivity contribution in [1.29, 1.82) is 0 Å². The molecule has 2 heterocycles. The van der Waals surface area contributed by atoms with Crippen LogP contribution in [0.3, 0.4) is 0 Å². The van der Waals surface area contributed by atoms with Gasteiger partial charge in [0.05, 0.1) is 0 Å². The van der Waals surface area contributed by atoms with Gasteiger partial charge in [-0.15, -0.1) is 0 Å². The molecule has 2 aliphatic rings. The molecular formula is C23H32N4O5. The number of hydrogen-bond acceptors (Lipinski definition) is 6. The molecule has 0 saturated carbocycles. The number of fused-ring (bicyclic) bond motifs is 1. The number of nitrogens with zero attached hydrogens (tertiary/aromatic N) is 3. The number of benzene rings is 1. The molecule has 0 bridgehead atoms. The number of nitrogens with one attached hydrogen (secondary N) is 1. The number of anilines is 1. The Morgan fingerprint density at radius 2 is 1.88 bits per heavy atom. The van der Waals surface area contributed by atoms with E-state index in [2.05, 4.69) is 10.2 Å². The smallest absolute Gasteiger partial charge is 0.410 e. The Labute approximate surface area is 188 Å². The van der Waals surface area contributed by atoms with E-state index in [0.717, 1.165) is 11.3 Å². The third-order valence-electron chi connectivity index (χ3n) is 5.76. The van der Waals surface area contributed by atoms with Gasteiger partial charge in [-0.05, 0) is 57.9 Å². The second kappa shape index (κ2) is 9.58. The molecular weight excluding hydrogens is 412 g/mol. The fourth-order valence-electron chi connectivity index (χ4n) is 3.99. The molecule has 4 amide bonds. The number of hydrogen-bond donors (Lipinski definition) is 1. The fourth-order valence-corrected chi connectivity index (χ4v) is 3.99. The highest BCUT2D eigenvalue weighted by Gasteiger charge is 2.32. The highest BCUT2D eigenvalue weighted by Crippen LogP contribution is 2.30. The van der Waals surface area contributed by atoms with Crippen LogP contribution in [0, 0.1) is 0 Å². The summed E-state index contributed by atoms with van der Waals surface area (Å²) in [5.41, 5.74) is 2.17. The molecule has 1 aromatic rings. The van der Waals surface area contributed by atoms with Crippen LogP contribution in [-0.2, 0) is 20.9 Å². The van der Waals surface area contributed by atoms with Crippen molar-refractivity contribution in [3.63, 3.8) is 0 Å². The zero-order valence-electron chi connectivity index (χ0n) is 19.2. The first-order valence-corrected chi connectivity index (χ1v) is 11.0. The molecule has 0 radical (unpaired) electrons. The van der Waals surface area contributed by atoms with Gasteiger partial charge < -0.3 is 19.4 Å². The lowest BCUT2D eigenvalue weighted by molar-refractivity contribution is -0.125. The van der Waals surface area contributed by atoms with Gasteiger partial charge in [0.25, 0.3) is 5.91 Å². The molecule has 0 spiro atoms. The fraction of sp³-hybridized carbons (Fsp3) is 0.565. The van der Waals surface area contributed by atoms with Gasteiger partial charge in [0, 0.05) is 56.4 Å². The average molecular weight is 445 g/mol. The van der Waals surface area contributed by atoms with E-state index in [1.54, 1.807) is 9.80 Å². The minimum atomic E-state index is -0.512. The van der Waals surface area contributed by atoms with Crippen LogP contribution in [0.1, 0.15) is 56.5 Å². The molecule has 1 aromatic carbocycles. The summed E-state index contributed by atoms with van der Waals surface area (Å²) in [6.45, 7) is 10.5. The minimum absolute atomic E-state index is 0.0374. The van der Waals surface area contributed by atoms with Crippen molar-refractivity contribution in [3.05, 3.63) is 29.3 Å². The van der Waals surface area contributed by atoms with Crippen LogP contribution in [0.2, 0.25) is 0 Å². The zero-order chi connectivity index (χ0) is 23.5. The molecule has 32 heavy (non-hydrogen) atoms. The third-order valence-corrected chi connectivity index (χ3v) is 5.76. The Morgan fingerprint density at radius 3 is 2.50 bits per heavy atom. The zero-order valence-corrected chi connectivity index (χ0v) is 19.2. The van der Waals surface area contributed by atoms with E-state index in [0.29, 0.717) is 51.1 Å². The first kappa shape index (κ1) is 23.6. The summed E-state index contributed by atoms with van der Waals surface area (Å²) in [5, 5.41) is 2.12. The summed E-state index contributed by atoms with van der Waals surface area (Å²) in [4.78, 5) is 52.7. The molecule has 9 nitrogen and oxygen atoms in total. The van der Waals surface area contributed by atoms with Crippen LogP contribution >= 0.6 is 0 Å². The largest absolute Gasteiger partial charge is 0.444 e. The Hall–Kier alpha value is -3.10. The second-order valence-corrected chi connectivity index (χ2v) is 9.30. The molecule has 1 saturated heterocycles. The molecule has 3 rings (SSSR count). The van der Waals surface area contributed by atoms with Gasteiger partial charge in [-0.2, -0.15) is 0 Å². The molecule has 1 atom stereocenters. The van der Waals surface area contributed by atoms with Crippen molar-refractivity contribution in [2.75, 3.05) is 31.1 Å². The summed E-state index contributed by atoms with van der Waals surface area (Å²) in [7, 11) is 0. The van der Waals surface area contributed by atoms with Crippen molar-refractivity contribution in [2.45, 2.75) is 58.7 Å². The minimum Gasteiger partial charge on any atom is -0.444 e. The van der Waals surface area contributed by atoms with Crippen LogP contribution in [0.4, 0.5) is 10.5 Å². The van der Waals surface area contributed by atoms with Gasteiger partial charge in [0.1, 0.15) is 5.60 Å². The van der Waals surface area contributed by atoms with Gasteiger partial charge in [0.15, 0.2) is 0 Å². The Bertz CT molecular complexity index is 887. The highest BCUT2D eigenvalue weighted by atomic mass is 16.6. The van der Waals surface area contributed by atoms with E-state index in [4.69, 9.17) is 4.74 Å². The molecule has 1 unspecified atom stereocenters. The quantitative estimate of drug-likeness (QED) is 0.675. The van der Waals surface area contributed by atoms with E-state index in [1.165, 1.54) is 0 Å².